The summed E-state index contributed by atoms with van der Waals surface area (Å²) in [5, 5.41) is 3.80. The Balaban J connectivity index is 2.07. The number of benzene rings is 1. The SMILES string of the molecule is CCCNC1c2ccccc2CCC1CCSCC. The van der Waals surface area contributed by atoms with E-state index in [1.807, 2.05) is 0 Å². The van der Waals surface area contributed by atoms with Crippen LogP contribution >= 0.6 is 11.8 Å². The summed E-state index contributed by atoms with van der Waals surface area (Å²) in [7, 11) is 0. The van der Waals surface area contributed by atoms with Gasteiger partial charge in [0.05, 0.1) is 0 Å². The van der Waals surface area contributed by atoms with E-state index in [4.69, 9.17) is 0 Å². The fraction of sp³-hybridized carbons (Fsp3) is 0.647. The van der Waals surface area contributed by atoms with Gasteiger partial charge in [-0.15, -0.1) is 0 Å². The Labute approximate surface area is 122 Å². The second-order valence-electron chi connectivity index (χ2n) is 5.41. The van der Waals surface area contributed by atoms with Crippen LogP contribution in [0.1, 0.15) is 50.3 Å². The maximum atomic E-state index is 3.80. The highest BCUT2D eigenvalue weighted by atomic mass is 32.2. The predicted molar refractivity (Wildman–Crippen MR) is 86.9 cm³/mol. The summed E-state index contributed by atoms with van der Waals surface area (Å²) in [5.74, 6) is 3.38. The molecular weight excluding hydrogens is 250 g/mol. The molecule has 1 aliphatic rings. The van der Waals surface area contributed by atoms with Crippen LogP contribution in [0.2, 0.25) is 0 Å². The van der Waals surface area contributed by atoms with Gasteiger partial charge in [0.2, 0.25) is 0 Å². The average molecular weight is 277 g/mol. The van der Waals surface area contributed by atoms with Crippen molar-refractivity contribution in [3.05, 3.63) is 35.4 Å². The van der Waals surface area contributed by atoms with Crippen LogP contribution in [-0.4, -0.2) is 18.1 Å². The number of fused-ring (bicyclic) bond motifs is 1. The minimum Gasteiger partial charge on any atom is -0.310 e. The monoisotopic (exact) mass is 277 g/mol. The molecule has 0 aliphatic heterocycles. The summed E-state index contributed by atoms with van der Waals surface area (Å²) >= 11 is 2.08. The molecule has 0 spiro atoms. The van der Waals surface area contributed by atoms with Crippen LogP contribution in [0.4, 0.5) is 0 Å². The maximum Gasteiger partial charge on any atom is 0.0351 e. The summed E-state index contributed by atoms with van der Waals surface area (Å²) < 4.78 is 0. The van der Waals surface area contributed by atoms with Gasteiger partial charge < -0.3 is 5.32 Å². The first-order valence-electron chi connectivity index (χ1n) is 7.75. The number of hydrogen-bond acceptors (Lipinski definition) is 2. The van der Waals surface area contributed by atoms with Gasteiger partial charge in [-0.2, -0.15) is 11.8 Å². The summed E-state index contributed by atoms with van der Waals surface area (Å²) in [6.45, 7) is 5.65. The lowest BCUT2D eigenvalue weighted by Gasteiger charge is -2.34. The third kappa shape index (κ3) is 4.00. The Kier molecular flexibility index (Phi) is 6.25. The molecule has 1 aromatic carbocycles. The van der Waals surface area contributed by atoms with Gasteiger partial charge in [-0.25, -0.2) is 0 Å². The van der Waals surface area contributed by atoms with Gasteiger partial charge in [0.15, 0.2) is 0 Å². The zero-order valence-electron chi connectivity index (χ0n) is 12.3. The first-order valence-corrected chi connectivity index (χ1v) is 8.91. The summed E-state index contributed by atoms with van der Waals surface area (Å²) in [5.41, 5.74) is 3.13. The van der Waals surface area contributed by atoms with Crippen LogP contribution in [0.15, 0.2) is 24.3 Å². The van der Waals surface area contributed by atoms with E-state index in [1.165, 1.54) is 37.2 Å². The molecule has 0 radical (unpaired) electrons. The largest absolute Gasteiger partial charge is 0.310 e. The van der Waals surface area contributed by atoms with E-state index in [2.05, 4.69) is 55.2 Å². The van der Waals surface area contributed by atoms with E-state index in [0.717, 1.165) is 12.5 Å². The molecule has 19 heavy (non-hydrogen) atoms. The molecule has 1 aliphatic carbocycles. The topological polar surface area (TPSA) is 12.0 Å². The second kappa shape index (κ2) is 7.96. The fourth-order valence-corrected chi connectivity index (χ4v) is 3.85. The highest BCUT2D eigenvalue weighted by Gasteiger charge is 2.28. The Morgan fingerprint density at radius 2 is 2.11 bits per heavy atom. The summed E-state index contributed by atoms with van der Waals surface area (Å²) in [6, 6.07) is 9.61. The molecule has 0 fully saturated rings. The van der Waals surface area contributed by atoms with Gasteiger partial charge in [0.25, 0.3) is 0 Å². The average Bonchev–Trinajstić information content (AvgIpc) is 2.46. The molecule has 0 bridgehead atoms. The molecule has 1 aromatic rings. The normalized spacial score (nSPS) is 22.2. The predicted octanol–water partition coefficient (Wildman–Crippen LogP) is 4.43. The van der Waals surface area contributed by atoms with Crippen LogP contribution in [0.5, 0.6) is 0 Å². The minimum absolute atomic E-state index is 0.586. The highest BCUT2D eigenvalue weighted by molar-refractivity contribution is 7.99. The van der Waals surface area contributed by atoms with Gasteiger partial charge in [-0.3, -0.25) is 0 Å². The van der Waals surface area contributed by atoms with Crippen molar-refractivity contribution in [3.8, 4) is 0 Å². The standard InChI is InChI=1S/C17H27NS/c1-3-12-18-17-15(11-13-19-4-2)10-9-14-7-5-6-8-16(14)17/h5-8,15,17-18H,3-4,9-13H2,1-2H3. The number of aryl methyl sites for hydroxylation is 1. The molecule has 0 saturated carbocycles. The lowest BCUT2D eigenvalue weighted by atomic mass is 9.78. The van der Waals surface area contributed by atoms with Gasteiger partial charge >= 0.3 is 0 Å². The molecule has 1 N–H and O–H groups in total. The van der Waals surface area contributed by atoms with E-state index in [9.17, 15) is 0 Å². The van der Waals surface area contributed by atoms with Gasteiger partial charge in [0.1, 0.15) is 0 Å². The van der Waals surface area contributed by atoms with E-state index in [0.29, 0.717) is 6.04 Å². The van der Waals surface area contributed by atoms with E-state index >= 15 is 0 Å². The Hall–Kier alpha value is -0.470. The van der Waals surface area contributed by atoms with E-state index < -0.39 is 0 Å². The first kappa shape index (κ1) is 14.9. The number of hydrogen-bond donors (Lipinski definition) is 1. The highest BCUT2D eigenvalue weighted by Crippen LogP contribution is 2.36. The van der Waals surface area contributed by atoms with Crippen molar-refractivity contribution in [2.24, 2.45) is 5.92 Å². The fourth-order valence-electron chi connectivity index (χ4n) is 3.09. The van der Waals surface area contributed by atoms with Crippen molar-refractivity contribution in [2.45, 2.75) is 45.6 Å². The molecule has 1 nitrogen and oxygen atoms in total. The van der Waals surface area contributed by atoms with Crippen LogP contribution in [0.3, 0.4) is 0 Å². The van der Waals surface area contributed by atoms with Crippen molar-refractivity contribution in [1.82, 2.24) is 5.32 Å². The smallest absolute Gasteiger partial charge is 0.0351 e. The molecule has 2 unspecified atom stereocenters. The Morgan fingerprint density at radius 1 is 1.26 bits per heavy atom. The molecule has 2 heteroatoms. The molecule has 0 heterocycles. The Bertz CT molecular complexity index is 377. The van der Waals surface area contributed by atoms with Gasteiger partial charge in [0, 0.05) is 6.04 Å². The van der Waals surface area contributed by atoms with E-state index in [-0.39, 0.29) is 0 Å². The lowest BCUT2D eigenvalue weighted by Crippen LogP contribution is -2.33. The van der Waals surface area contributed by atoms with E-state index in [1.54, 1.807) is 11.1 Å². The number of nitrogens with one attached hydrogen (secondary N) is 1. The molecule has 0 amide bonds. The molecule has 0 saturated heterocycles. The Morgan fingerprint density at radius 3 is 2.89 bits per heavy atom. The van der Waals surface area contributed by atoms with Crippen LogP contribution < -0.4 is 5.32 Å². The third-order valence-electron chi connectivity index (χ3n) is 4.10. The quantitative estimate of drug-likeness (QED) is 0.740. The molecular formula is C17H27NS. The minimum atomic E-state index is 0.586. The zero-order valence-corrected chi connectivity index (χ0v) is 13.1. The third-order valence-corrected chi connectivity index (χ3v) is 5.03. The van der Waals surface area contributed by atoms with Crippen molar-refractivity contribution >= 4 is 11.8 Å². The molecule has 106 valence electrons. The maximum absolute atomic E-state index is 3.80. The number of thioether (sulfide) groups is 1. The van der Waals surface area contributed by atoms with Gasteiger partial charge in [-0.05, 0) is 60.8 Å². The van der Waals surface area contributed by atoms with Crippen molar-refractivity contribution < 1.29 is 0 Å². The van der Waals surface area contributed by atoms with Crippen LogP contribution in [0, 0.1) is 5.92 Å². The van der Waals surface area contributed by atoms with Crippen LogP contribution in [-0.2, 0) is 6.42 Å². The van der Waals surface area contributed by atoms with Crippen molar-refractivity contribution in [3.63, 3.8) is 0 Å². The molecule has 2 rings (SSSR count). The van der Waals surface area contributed by atoms with Crippen molar-refractivity contribution in [1.29, 1.82) is 0 Å². The molecule has 0 aromatic heterocycles. The van der Waals surface area contributed by atoms with Crippen LogP contribution in [0.25, 0.3) is 0 Å². The van der Waals surface area contributed by atoms with Gasteiger partial charge in [-0.1, -0.05) is 38.1 Å². The molecule has 2 atom stereocenters. The summed E-state index contributed by atoms with van der Waals surface area (Å²) in [4.78, 5) is 0. The second-order valence-corrected chi connectivity index (χ2v) is 6.81. The first-order chi connectivity index (χ1) is 9.36. The number of rotatable bonds is 7. The lowest BCUT2D eigenvalue weighted by molar-refractivity contribution is 0.314. The zero-order chi connectivity index (χ0) is 13.5. The van der Waals surface area contributed by atoms with Crippen molar-refractivity contribution in [2.75, 3.05) is 18.1 Å². The summed E-state index contributed by atoms with van der Waals surface area (Å²) in [6.07, 6.45) is 5.19.